The van der Waals surface area contributed by atoms with E-state index < -0.39 is 24.0 Å². The first kappa shape index (κ1) is 21.8. The number of rotatable bonds is 7. The van der Waals surface area contributed by atoms with Gasteiger partial charge >= 0.3 is 0 Å². The molecule has 0 bridgehead atoms. The number of carbonyl (C=O) groups is 2. The molecule has 4 rings (SSSR count). The van der Waals surface area contributed by atoms with E-state index in [9.17, 15) is 19.8 Å². The van der Waals surface area contributed by atoms with E-state index in [1.165, 1.54) is 0 Å². The lowest BCUT2D eigenvalue weighted by molar-refractivity contribution is -0.142. The van der Waals surface area contributed by atoms with Crippen LogP contribution in [0.25, 0.3) is 11.0 Å². The minimum absolute atomic E-state index is 0.201. The molecule has 168 valence electrons. The average molecular weight is 447 g/mol. The van der Waals surface area contributed by atoms with E-state index >= 15 is 0 Å². The number of imidazole rings is 1. The Morgan fingerprint density at radius 1 is 0.909 bits per heavy atom. The van der Waals surface area contributed by atoms with Gasteiger partial charge in [-0.25, -0.2) is 4.98 Å². The van der Waals surface area contributed by atoms with Gasteiger partial charge in [0.15, 0.2) is 18.2 Å². The smallest absolute Gasteiger partial charge is 0.263 e. The molecule has 0 aliphatic carbocycles. The Bertz CT molecular complexity index is 1290. The number of nitrogens with two attached hydrogens (primary N) is 2. The highest BCUT2D eigenvalue weighted by Crippen LogP contribution is 2.31. The first-order valence-electron chi connectivity index (χ1n) is 9.91. The van der Waals surface area contributed by atoms with Crippen molar-refractivity contribution in [3.8, 4) is 11.5 Å². The molecule has 0 aliphatic heterocycles. The number of carbonyl (C=O) groups excluding carboxylic acids is 2. The van der Waals surface area contributed by atoms with Crippen LogP contribution in [0.1, 0.15) is 0 Å². The molecule has 1 heterocycles. The van der Waals surface area contributed by atoms with Crippen molar-refractivity contribution in [2.24, 2.45) is 5.73 Å². The first-order valence-corrected chi connectivity index (χ1v) is 9.91. The molecule has 7 N–H and O–H groups in total. The maximum Gasteiger partial charge on any atom is 0.263 e. The summed E-state index contributed by atoms with van der Waals surface area (Å²) in [6, 6.07) is 20.5. The monoisotopic (exact) mass is 447 g/mol. The number of anilines is 3. The molecule has 4 aromatic rings. The van der Waals surface area contributed by atoms with Gasteiger partial charge in [-0.1, -0.05) is 18.2 Å². The number of ether oxygens (including phenoxy) is 1. The Balaban J connectivity index is 1.71. The lowest BCUT2D eigenvalue weighted by Gasteiger charge is -2.27. The zero-order valence-electron chi connectivity index (χ0n) is 17.3. The number of benzene rings is 3. The summed E-state index contributed by atoms with van der Waals surface area (Å²) >= 11 is 0. The molecular formula is C23H21N5O5. The molecular weight excluding hydrogens is 426 g/mol. The van der Waals surface area contributed by atoms with Gasteiger partial charge in [-0.15, -0.1) is 0 Å². The van der Waals surface area contributed by atoms with Crippen LogP contribution in [0.5, 0.6) is 11.5 Å². The van der Waals surface area contributed by atoms with Gasteiger partial charge in [0.25, 0.3) is 5.91 Å². The number of primary amides is 1. The number of nitrogen functional groups attached to an aromatic ring is 1. The Morgan fingerprint density at radius 3 is 2.21 bits per heavy atom. The molecule has 2 amide bonds. The second-order valence-electron chi connectivity index (χ2n) is 7.20. The largest absolute Gasteiger partial charge is 0.457 e. The molecule has 0 fully saturated rings. The highest BCUT2D eigenvalue weighted by molar-refractivity contribution is 6.06. The highest BCUT2D eigenvalue weighted by Gasteiger charge is 2.33. The van der Waals surface area contributed by atoms with Crippen LogP contribution >= 0.6 is 0 Å². The van der Waals surface area contributed by atoms with Crippen LogP contribution in [0.2, 0.25) is 0 Å². The Labute approximate surface area is 188 Å². The highest BCUT2D eigenvalue weighted by atomic mass is 16.5. The Morgan fingerprint density at radius 2 is 1.55 bits per heavy atom. The van der Waals surface area contributed by atoms with Gasteiger partial charge < -0.3 is 31.4 Å². The summed E-state index contributed by atoms with van der Waals surface area (Å²) in [5, 5.41) is 20.2. The van der Waals surface area contributed by atoms with Crippen LogP contribution in [0.15, 0.2) is 72.8 Å². The molecule has 0 saturated carbocycles. The van der Waals surface area contributed by atoms with Crippen LogP contribution in [-0.4, -0.2) is 44.2 Å². The van der Waals surface area contributed by atoms with Crippen molar-refractivity contribution in [3.63, 3.8) is 0 Å². The lowest BCUT2D eigenvalue weighted by atomic mass is 10.1. The molecule has 0 spiro atoms. The number of nitrogens with one attached hydrogen (secondary N) is 1. The van der Waals surface area contributed by atoms with E-state index in [4.69, 9.17) is 16.2 Å². The molecule has 3 aromatic carbocycles. The lowest BCUT2D eigenvalue weighted by Crippen LogP contribution is -2.48. The van der Waals surface area contributed by atoms with Crippen LogP contribution in [0, 0.1) is 0 Å². The number of hydrogen-bond donors (Lipinski definition) is 5. The van der Waals surface area contributed by atoms with Crippen molar-refractivity contribution < 1.29 is 24.5 Å². The standard InChI is InChI=1S/C23H21N5O5/c24-21(31)19(29)20(30)22(32)28(14-8-11-17-18(12-14)27-23(25)26-17)13-6-9-16(10-7-13)33-15-4-2-1-3-5-15/h1-12,19-20,29-30H,(H2,24,31)(H3,25,26,27). The Kier molecular flexibility index (Phi) is 5.94. The summed E-state index contributed by atoms with van der Waals surface area (Å²) in [5.41, 5.74) is 12.6. The van der Waals surface area contributed by atoms with Gasteiger partial charge in [0.2, 0.25) is 5.91 Å². The fraction of sp³-hybridized carbons (Fsp3) is 0.0870. The number of amides is 2. The van der Waals surface area contributed by atoms with E-state index in [-0.39, 0.29) is 5.95 Å². The number of aromatic amines is 1. The molecule has 33 heavy (non-hydrogen) atoms. The first-order chi connectivity index (χ1) is 15.8. The number of aromatic nitrogens is 2. The number of nitrogens with zero attached hydrogens (tertiary/aromatic N) is 2. The van der Waals surface area contributed by atoms with Crippen LogP contribution in [-0.2, 0) is 9.59 Å². The molecule has 0 saturated heterocycles. The Hall–Kier alpha value is -4.41. The molecule has 10 heteroatoms. The van der Waals surface area contributed by atoms with Crippen molar-refractivity contribution in [3.05, 3.63) is 72.8 Å². The van der Waals surface area contributed by atoms with Crippen molar-refractivity contribution in [1.82, 2.24) is 9.97 Å². The number of para-hydroxylation sites is 1. The van der Waals surface area contributed by atoms with E-state index in [1.54, 1.807) is 54.6 Å². The predicted molar refractivity (Wildman–Crippen MR) is 122 cm³/mol. The van der Waals surface area contributed by atoms with Gasteiger partial charge in [-0.2, -0.15) is 0 Å². The quantitative estimate of drug-likeness (QED) is 0.288. The molecule has 10 nitrogen and oxygen atoms in total. The van der Waals surface area contributed by atoms with E-state index in [1.807, 2.05) is 18.2 Å². The van der Waals surface area contributed by atoms with Crippen molar-refractivity contribution in [2.45, 2.75) is 12.2 Å². The molecule has 0 radical (unpaired) electrons. The van der Waals surface area contributed by atoms with Gasteiger partial charge in [0, 0.05) is 5.69 Å². The van der Waals surface area contributed by atoms with E-state index in [0.717, 1.165) is 4.90 Å². The normalized spacial score (nSPS) is 12.8. The fourth-order valence-corrected chi connectivity index (χ4v) is 3.27. The molecule has 2 atom stereocenters. The number of fused-ring (bicyclic) bond motifs is 1. The third kappa shape index (κ3) is 4.61. The molecule has 1 aromatic heterocycles. The third-order valence-corrected chi connectivity index (χ3v) is 4.88. The van der Waals surface area contributed by atoms with Crippen molar-refractivity contribution >= 4 is 40.2 Å². The number of hydrogen-bond acceptors (Lipinski definition) is 7. The summed E-state index contributed by atoms with van der Waals surface area (Å²) in [6.45, 7) is 0. The zero-order chi connectivity index (χ0) is 23.5. The summed E-state index contributed by atoms with van der Waals surface area (Å²) in [5.74, 6) is -0.817. The average Bonchev–Trinajstić information content (AvgIpc) is 3.19. The van der Waals surface area contributed by atoms with Crippen LogP contribution in [0.3, 0.4) is 0 Å². The van der Waals surface area contributed by atoms with Gasteiger partial charge in [-0.3, -0.25) is 14.5 Å². The van der Waals surface area contributed by atoms with Gasteiger partial charge in [0.1, 0.15) is 11.5 Å². The van der Waals surface area contributed by atoms with Crippen molar-refractivity contribution in [2.75, 3.05) is 10.6 Å². The maximum atomic E-state index is 13.1. The fourth-order valence-electron chi connectivity index (χ4n) is 3.27. The minimum Gasteiger partial charge on any atom is -0.457 e. The van der Waals surface area contributed by atoms with E-state index in [0.29, 0.717) is 33.9 Å². The van der Waals surface area contributed by atoms with Crippen molar-refractivity contribution in [1.29, 1.82) is 0 Å². The zero-order valence-corrected chi connectivity index (χ0v) is 17.3. The second kappa shape index (κ2) is 8.99. The summed E-state index contributed by atoms with van der Waals surface area (Å²) in [4.78, 5) is 32.6. The van der Waals surface area contributed by atoms with Crippen LogP contribution in [0.4, 0.5) is 17.3 Å². The number of aliphatic hydroxyl groups is 2. The minimum atomic E-state index is -2.08. The number of H-pyrrole nitrogens is 1. The summed E-state index contributed by atoms with van der Waals surface area (Å²) in [7, 11) is 0. The topological polar surface area (TPSA) is 168 Å². The third-order valence-electron chi connectivity index (χ3n) is 4.88. The predicted octanol–water partition coefficient (Wildman–Crippen LogP) is 1.81. The van der Waals surface area contributed by atoms with Gasteiger partial charge in [-0.05, 0) is 54.6 Å². The summed E-state index contributed by atoms with van der Waals surface area (Å²) in [6.07, 6.45) is -4.16. The number of aliphatic hydroxyl groups excluding tert-OH is 2. The van der Waals surface area contributed by atoms with E-state index in [2.05, 4.69) is 9.97 Å². The maximum absolute atomic E-state index is 13.1. The molecule has 2 unspecified atom stereocenters. The molecule has 0 aliphatic rings. The van der Waals surface area contributed by atoms with Crippen LogP contribution < -0.4 is 21.1 Å². The SMILES string of the molecule is NC(=O)C(O)C(O)C(=O)N(c1ccc(Oc2ccccc2)cc1)c1ccc2nc(N)[nH]c2c1. The second-order valence-corrected chi connectivity index (χ2v) is 7.20. The summed E-state index contributed by atoms with van der Waals surface area (Å²) < 4.78 is 5.78. The van der Waals surface area contributed by atoms with Gasteiger partial charge in [0.05, 0.1) is 16.7 Å².